The molecule has 5 nitrogen and oxygen atoms in total. The van der Waals surface area contributed by atoms with Crippen molar-refractivity contribution in [3.05, 3.63) is 42.7 Å². The van der Waals surface area contributed by atoms with Crippen molar-refractivity contribution < 1.29 is 13.5 Å². The molecule has 0 bridgehead atoms. The molecule has 0 aliphatic carbocycles. The number of halogens is 1. The third-order valence-electron chi connectivity index (χ3n) is 2.10. The van der Waals surface area contributed by atoms with Crippen LogP contribution in [0.3, 0.4) is 0 Å². The van der Waals surface area contributed by atoms with Gasteiger partial charge in [0.1, 0.15) is 11.4 Å². The maximum absolute atomic E-state index is 10.8. The summed E-state index contributed by atoms with van der Waals surface area (Å²) in [6.45, 7) is 0. The summed E-state index contributed by atoms with van der Waals surface area (Å²) in [5.74, 6) is 0.970. The van der Waals surface area contributed by atoms with Gasteiger partial charge in [-0.2, -0.15) is 0 Å². The molecule has 2 aromatic rings. The van der Waals surface area contributed by atoms with Crippen LogP contribution in [0.4, 0.5) is 5.69 Å². The molecule has 2 rings (SSSR count). The van der Waals surface area contributed by atoms with Crippen molar-refractivity contribution in [3.8, 4) is 11.5 Å². The molecule has 1 heterocycles. The van der Waals surface area contributed by atoms with Gasteiger partial charge in [0, 0.05) is 17.2 Å². The van der Waals surface area contributed by atoms with Gasteiger partial charge in [-0.3, -0.25) is 14.3 Å². The molecule has 0 aliphatic heterocycles. The standard InChI is InChI=1S/C11H9ClN2O3S2/c12-18-9-3-1-2-8(6-9)17-11-4-5-13-7-10(11)14-19(15)16/h1-7,14H,(H,15,16). The lowest BCUT2D eigenvalue weighted by Crippen LogP contribution is -2.03. The summed E-state index contributed by atoms with van der Waals surface area (Å²) in [7, 11) is 6.75. The maximum Gasteiger partial charge on any atom is 0.259 e. The van der Waals surface area contributed by atoms with Crippen LogP contribution in [0.1, 0.15) is 0 Å². The number of aromatic nitrogens is 1. The van der Waals surface area contributed by atoms with Crippen LogP contribution in [0.15, 0.2) is 47.6 Å². The Morgan fingerprint density at radius 1 is 1.42 bits per heavy atom. The van der Waals surface area contributed by atoms with Gasteiger partial charge in [-0.25, -0.2) is 4.21 Å². The average Bonchev–Trinajstić information content (AvgIpc) is 2.41. The third-order valence-corrected chi connectivity index (χ3v) is 3.46. The largest absolute Gasteiger partial charge is 0.455 e. The summed E-state index contributed by atoms with van der Waals surface area (Å²) in [6.07, 6.45) is 2.94. The van der Waals surface area contributed by atoms with E-state index >= 15 is 0 Å². The predicted octanol–water partition coefficient (Wildman–Crippen LogP) is 3.67. The fourth-order valence-electron chi connectivity index (χ4n) is 1.35. The summed E-state index contributed by atoms with van der Waals surface area (Å²) in [5.41, 5.74) is 0.326. The Morgan fingerprint density at radius 2 is 2.26 bits per heavy atom. The van der Waals surface area contributed by atoms with Gasteiger partial charge in [0.2, 0.25) is 0 Å². The first kappa shape index (κ1) is 14.1. The Morgan fingerprint density at radius 3 is 3.00 bits per heavy atom. The highest BCUT2D eigenvalue weighted by Gasteiger charge is 2.07. The van der Waals surface area contributed by atoms with E-state index in [0.29, 0.717) is 17.2 Å². The van der Waals surface area contributed by atoms with Crippen LogP contribution in [0, 0.1) is 0 Å². The molecular weight excluding hydrogens is 308 g/mol. The summed E-state index contributed by atoms with van der Waals surface area (Å²) in [6, 6.07) is 8.77. The normalized spacial score (nSPS) is 11.9. The Balaban J connectivity index is 2.24. The van der Waals surface area contributed by atoms with Crippen LogP contribution in [-0.2, 0) is 11.3 Å². The molecule has 0 radical (unpaired) electrons. The zero-order valence-corrected chi connectivity index (χ0v) is 11.8. The molecule has 1 aromatic carbocycles. The smallest absolute Gasteiger partial charge is 0.259 e. The summed E-state index contributed by atoms with van der Waals surface area (Å²) >= 11 is -2.19. The number of hydrogen-bond acceptors (Lipinski definition) is 4. The molecule has 0 fully saturated rings. The number of nitrogens with one attached hydrogen (secondary N) is 1. The average molecular weight is 317 g/mol. The van der Waals surface area contributed by atoms with Crippen molar-refractivity contribution in [3.63, 3.8) is 0 Å². The molecule has 19 heavy (non-hydrogen) atoms. The molecule has 0 aliphatic rings. The number of hydrogen-bond donors (Lipinski definition) is 2. The van der Waals surface area contributed by atoms with Crippen molar-refractivity contribution in [2.24, 2.45) is 0 Å². The number of pyridine rings is 1. The molecule has 8 heteroatoms. The lowest BCUT2D eigenvalue weighted by Gasteiger charge is -2.10. The highest BCUT2D eigenvalue weighted by molar-refractivity contribution is 8.21. The van der Waals surface area contributed by atoms with Crippen molar-refractivity contribution in [2.75, 3.05) is 4.72 Å². The minimum atomic E-state index is -2.19. The van der Waals surface area contributed by atoms with Crippen LogP contribution in [-0.4, -0.2) is 13.7 Å². The van der Waals surface area contributed by atoms with E-state index in [1.165, 1.54) is 12.4 Å². The fraction of sp³-hybridized carbons (Fsp3) is 0. The first-order chi connectivity index (χ1) is 9.19. The Kier molecular flexibility index (Phi) is 5.03. The van der Waals surface area contributed by atoms with Gasteiger partial charge in [0.05, 0.1) is 6.20 Å². The number of rotatable bonds is 5. The van der Waals surface area contributed by atoms with Gasteiger partial charge in [0.15, 0.2) is 5.75 Å². The predicted molar refractivity (Wildman–Crippen MR) is 76.9 cm³/mol. The Bertz CT molecular complexity index is 598. The summed E-state index contributed by atoms with van der Waals surface area (Å²) in [4.78, 5) is 4.70. The Labute approximate surface area is 121 Å². The number of nitrogens with zero attached hydrogens (tertiary/aromatic N) is 1. The number of ether oxygens (including phenoxy) is 1. The molecule has 0 saturated heterocycles. The van der Waals surface area contributed by atoms with E-state index in [2.05, 4.69) is 9.71 Å². The second kappa shape index (κ2) is 6.76. The van der Waals surface area contributed by atoms with Gasteiger partial charge in [0.25, 0.3) is 11.3 Å². The molecular formula is C11H9ClN2O3S2. The van der Waals surface area contributed by atoms with Gasteiger partial charge in [-0.05, 0) is 39.9 Å². The lowest BCUT2D eigenvalue weighted by atomic mass is 10.3. The van der Waals surface area contributed by atoms with E-state index in [4.69, 9.17) is 20.0 Å². The lowest BCUT2D eigenvalue weighted by molar-refractivity contribution is 0.482. The minimum absolute atomic E-state index is 0.326. The first-order valence-electron chi connectivity index (χ1n) is 5.07. The van der Waals surface area contributed by atoms with E-state index in [0.717, 1.165) is 15.9 Å². The van der Waals surface area contributed by atoms with Crippen molar-refractivity contribution in [2.45, 2.75) is 4.90 Å². The van der Waals surface area contributed by atoms with E-state index in [-0.39, 0.29) is 0 Å². The zero-order valence-electron chi connectivity index (χ0n) is 9.45. The second-order valence-electron chi connectivity index (χ2n) is 3.38. The second-order valence-corrected chi connectivity index (χ2v) is 5.17. The van der Waals surface area contributed by atoms with Crippen molar-refractivity contribution in [1.29, 1.82) is 0 Å². The van der Waals surface area contributed by atoms with Crippen LogP contribution in [0.25, 0.3) is 0 Å². The molecule has 100 valence electrons. The molecule has 0 spiro atoms. The summed E-state index contributed by atoms with van der Waals surface area (Å²) in [5, 5.41) is 0. The van der Waals surface area contributed by atoms with Gasteiger partial charge in [-0.15, -0.1) is 0 Å². The van der Waals surface area contributed by atoms with Gasteiger partial charge < -0.3 is 4.74 Å². The molecule has 0 amide bonds. The molecule has 1 aromatic heterocycles. The van der Waals surface area contributed by atoms with Crippen LogP contribution >= 0.6 is 21.7 Å². The number of benzene rings is 1. The third kappa shape index (κ3) is 4.10. The van der Waals surface area contributed by atoms with E-state index in [1.807, 2.05) is 6.07 Å². The Hall–Kier alpha value is -1.28. The van der Waals surface area contributed by atoms with E-state index in [1.54, 1.807) is 24.3 Å². The zero-order chi connectivity index (χ0) is 13.7. The monoisotopic (exact) mass is 316 g/mol. The molecule has 1 unspecified atom stereocenters. The van der Waals surface area contributed by atoms with E-state index < -0.39 is 11.3 Å². The van der Waals surface area contributed by atoms with Crippen molar-refractivity contribution in [1.82, 2.24) is 4.98 Å². The van der Waals surface area contributed by atoms with Crippen LogP contribution in [0.5, 0.6) is 11.5 Å². The topological polar surface area (TPSA) is 71.5 Å². The molecule has 2 N–H and O–H groups in total. The van der Waals surface area contributed by atoms with Gasteiger partial charge >= 0.3 is 0 Å². The van der Waals surface area contributed by atoms with Crippen LogP contribution < -0.4 is 9.46 Å². The van der Waals surface area contributed by atoms with Crippen LogP contribution in [0.2, 0.25) is 0 Å². The maximum atomic E-state index is 10.8. The summed E-state index contributed by atoms with van der Waals surface area (Å²) < 4.78 is 27.6. The SMILES string of the molecule is O=S(O)Nc1cnccc1Oc1cccc(SCl)c1. The minimum Gasteiger partial charge on any atom is -0.455 e. The fourth-order valence-corrected chi connectivity index (χ4v) is 2.27. The van der Waals surface area contributed by atoms with Crippen molar-refractivity contribution >= 4 is 38.6 Å². The highest BCUT2D eigenvalue weighted by Crippen LogP contribution is 2.31. The molecule has 0 saturated carbocycles. The van der Waals surface area contributed by atoms with Gasteiger partial charge in [-0.1, -0.05) is 6.07 Å². The van der Waals surface area contributed by atoms with E-state index in [9.17, 15) is 4.21 Å². The molecule has 1 atom stereocenters. The highest BCUT2D eigenvalue weighted by atomic mass is 35.7. The quantitative estimate of drug-likeness (QED) is 0.823. The first-order valence-corrected chi connectivity index (χ1v) is 7.82. The number of anilines is 1.